The molecule has 7 heteroatoms. The lowest BCUT2D eigenvalue weighted by atomic mass is 10.2. The van der Waals surface area contributed by atoms with Gasteiger partial charge in [0.25, 0.3) is 0 Å². The first-order chi connectivity index (χ1) is 8.27. The molecule has 0 aliphatic heterocycles. The van der Waals surface area contributed by atoms with E-state index in [0.717, 1.165) is 0 Å². The summed E-state index contributed by atoms with van der Waals surface area (Å²) in [4.78, 5) is 1.90. The summed E-state index contributed by atoms with van der Waals surface area (Å²) in [6.07, 6.45) is -0.491. The summed E-state index contributed by atoms with van der Waals surface area (Å²) in [5.41, 5.74) is 6.88. The number of likely N-dealkylation sites (N-methyl/N-ethyl adjacent to an activating group) is 1. The van der Waals surface area contributed by atoms with Gasteiger partial charge in [0, 0.05) is 13.6 Å². The molecule has 1 rings (SSSR count). The third-order valence-electron chi connectivity index (χ3n) is 2.53. The number of aliphatic hydroxyl groups excluding tert-OH is 1. The summed E-state index contributed by atoms with van der Waals surface area (Å²) in [7, 11) is -0.355. The maximum absolute atomic E-state index is 11.6. The topological polar surface area (TPSA) is 95.7 Å². The molecule has 0 fully saturated rings. The molecule has 0 bridgehead atoms. The smallest absolute Gasteiger partial charge is 0.240 e. The van der Waals surface area contributed by atoms with Crippen molar-refractivity contribution in [2.24, 2.45) is 0 Å². The van der Waals surface area contributed by atoms with Crippen molar-refractivity contribution >= 4 is 21.4 Å². The fourth-order valence-electron chi connectivity index (χ4n) is 1.66. The van der Waals surface area contributed by atoms with Gasteiger partial charge in [0.15, 0.2) is 0 Å². The minimum absolute atomic E-state index is 0.122. The van der Waals surface area contributed by atoms with Crippen LogP contribution in [0.5, 0.6) is 0 Å². The predicted octanol–water partition coefficient (Wildman–Crippen LogP) is -0.00610. The van der Waals surface area contributed by atoms with Crippen molar-refractivity contribution in [2.45, 2.75) is 17.9 Å². The van der Waals surface area contributed by atoms with Crippen LogP contribution >= 0.6 is 0 Å². The van der Waals surface area contributed by atoms with Crippen LogP contribution in [-0.4, -0.2) is 40.3 Å². The van der Waals surface area contributed by atoms with Crippen molar-refractivity contribution in [3.8, 4) is 0 Å². The Balaban J connectivity index is 3.07. The zero-order valence-corrected chi connectivity index (χ0v) is 11.5. The summed E-state index contributed by atoms with van der Waals surface area (Å²) in [5, 5.41) is 9.31. The number of hydrogen-bond acceptors (Lipinski definition) is 5. The second-order valence-corrected chi connectivity index (χ2v) is 6.04. The summed E-state index contributed by atoms with van der Waals surface area (Å²) in [5.74, 6) is 0. The molecular formula is C11H19N3O3S. The highest BCUT2D eigenvalue weighted by atomic mass is 32.2. The minimum atomic E-state index is -3.48. The van der Waals surface area contributed by atoms with E-state index in [1.54, 1.807) is 24.9 Å². The predicted molar refractivity (Wildman–Crippen MR) is 72.1 cm³/mol. The molecule has 1 unspecified atom stereocenters. The van der Waals surface area contributed by atoms with Crippen LogP contribution in [0.25, 0.3) is 0 Å². The first kappa shape index (κ1) is 14.7. The number of nitrogens with two attached hydrogens (primary N) is 1. The third-order valence-corrected chi connectivity index (χ3v) is 3.94. The largest absolute Gasteiger partial charge is 0.397 e. The molecule has 0 saturated carbocycles. The monoisotopic (exact) mass is 273 g/mol. The first-order valence-corrected chi connectivity index (χ1v) is 6.98. The number of anilines is 2. The van der Waals surface area contributed by atoms with E-state index in [2.05, 4.69) is 4.72 Å². The maximum Gasteiger partial charge on any atom is 0.240 e. The van der Waals surface area contributed by atoms with Gasteiger partial charge in [-0.2, -0.15) is 0 Å². The Labute approximate surface area is 107 Å². The van der Waals surface area contributed by atoms with Crippen LogP contribution < -0.4 is 15.4 Å². The van der Waals surface area contributed by atoms with Crippen LogP contribution in [0, 0.1) is 0 Å². The lowest BCUT2D eigenvalue weighted by Crippen LogP contribution is -2.27. The molecule has 1 aromatic carbocycles. The Morgan fingerprint density at radius 2 is 2.11 bits per heavy atom. The van der Waals surface area contributed by atoms with Gasteiger partial charge in [-0.3, -0.25) is 0 Å². The van der Waals surface area contributed by atoms with Gasteiger partial charge in [-0.05, 0) is 32.2 Å². The van der Waals surface area contributed by atoms with Gasteiger partial charge >= 0.3 is 0 Å². The number of nitrogens with one attached hydrogen (secondary N) is 1. The van der Waals surface area contributed by atoms with Gasteiger partial charge in [-0.1, -0.05) is 0 Å². The van der Waals surface area contributed by atoms with Crippen molar-refractivity contribution in [3.05, 3.63) is 18.2 Å². The molecule has 0 saturated heterocycles. The van der Waals surface area contributed by atoms with E-state index in [1.807, 2.05) is 0 Å². The normalized spacial score (nSPS) is 13.3. The van der Waals surface area contributed by atoms with Crippen molar-refractivity contribution in [3.63, 3.8) is 0 Å². The van der Waals surface area contributed by atoms with Crippen LogP contribution in [0.15, 0.2) is 23.1 Å². The molecule has 0 amide bonds. The van der Waals surface area contributed by atoms with Gasteiger partial charge < -0.3 is 15.7 Å². The number of benzene rings is 1. The zero-order chi connectivity index (χ0) is 13.9. The van der Waals surface area contributed by atoms with E-state index < -0.39 is 16.1 Å². The number of hydrogen-bond donors (Lipinski definition) is 3. The highest BCUT2D eigenvalue weighted by molar-refractivity contribution is 7.89. The average molecular weight is 273 g/mol. The standard InChI is InChI=1S/C11H19N3O3S/c1-8(15)7-14(3)11-5-4-9(6-10(11)12)18(16,17)13-2/h4-6,8,13,15H,7,12H2,1-3H3. The molecule has 0 aliphatic carbocycles. The molecular weight excluding hydrogens is 254 g/mol. The summed E-state index contributed by atoms with van der Waals surface area (Å²) in [6, 6.07) is 4.51. The van der Waals surface area contributed by atoms with Gasteiger partial charge in [0.05, 0.1) is 22.4 Å². The number of nitrogens with zero attached hydrogens (tertiary/aromatic N) is 1. The molecule has 0 spiro atoms. The second kappa shape index (κ2) is 5.55. The molecule has 0 aromatic heterocycles. The Kier molecular flexibility index (Phi) is 4.55. The molecule has 0 radical (unpaired) electrons. The number of sulfonamides is 1. The van der Waals surface area contributed by atoms with Crippen molar-refractivity contribution in [1.29, 1.82) is 0 Å². The number of nitrogen functional groups attached to an aromatic ring is 1. The van der Waals surface area contributed by atoms with E-state index in [4.69, 9.17) is 5.73 Å². The van der Waals surface area contributed by atoms with E-state index >= 15 is 0 Å². The number of aliphatic hydroxyl groups is 1. The molecule has 0 heterocycles. The molecule has 1 aromatic rings. The van der Waals surface area contributed by atoms with Gasteiger partial charge in [-0.25, -0.2) is 13.1 Å². The van der Waals surface area contributed by atoms with Crippen molar-refractivity contribution in [1.82, 2.24) is 4.72 Å². The summed E-state index contributed by atoms with van der Waals surface area (Å²) in [6.45, 7) is 2.09. The van der Waals surface area contributed by atoms with E-state index in [-0.39, 0.29) is 4.90 Å². The molecule has 6 nitrogen and oxygen atoms in total. The van der Waals surface area contributed by atoms with Crippen LogP contribution in [0.2, 0.25) is 0 Å². The SMILES string of the molecule is CNS(=O)(=O)c1ccc(N(C)CC(C)O)c(N)c1. The highest BCUT2D eigenvalue weighted by Gasteiger charge is 2.14. The maximum atomic E-state index is 11.6. The Morgan fingerprint density at radius 3 is 2.56 bits per heavy atom. The first-order valence-electron chi connectivity index (χ1n) is 5.50. The Morgan fingerprint density at radius 1 is 1.50 bits per heavy atom. The molecule has 0 aliphatic rings. The fraction of sp³-hybridized carbons (Fsp3) is 0.455. The van der Waals surface area contributed by atoms with Crippen LogP contribution in [-0.2, 0) is 10.0 Å². The Hall–Kier alpha value is -1.31. The average Bonchev–Trinajstić information content (AvgIpc) is 2.27. The van der Waals surface area contributed by atoms with Crippen LogP contribution in [0.1, 0.15) is 6.92 Å². The van der Waals surface area contributed by atoms with E-state index in [0.29, 0.717) is 17.9 Å². The van der Waals surface area contributed by atoms with Crippen LogP contribution in [0.3, 0.4) is 0 Å². The lowest BCUT2D eigenvalue weighted by Gasteiger charge is -2.22. The van der Waals surface area contributed by atoms with Crippen LogP contribution in [0.4, 0.5) is 11.4 Å². The van der Waals surface area contributed by atoms with Gasteiger partial charge in [0.2, 0.25) is 10.0 Å². The highest BCUT2D eigenvalue weighted by Crippen LogP contribution is 2.25. The van der Waals surface area contributed by atoms with E-state index in [1.165, 1.54) is 19.2 Å². The summed E-state index contributed by atoms with van der Waals surface area (Å²) < 4.78 is 25.4. The molecule has 1 atom stereocenters. The third kappa shape index (κ3) is 3.34. The molecule has 18 heavy (non-hydrogen) atoms. The minimum Gasteiger partial charge on any atom is -0.397 e. The molecule has 4 N–H and O–H groups in total. The zero-order valence-electron chi connectivity index (χ0n) is 10.7. The summed E-state index contributed by atoms with van der Waals surface area (Å²) >= 11 is 0. The van der Waals surface area contributed by atoms with Gasteiger partial charge in [-0.15, -0.1) is 0 Å². The van der Waals surface area contributed by atoms with Gasteiger partial charge in [0.1, 0.15) is 0 Å². The van der Waals surface area contributed by atoms with Crippen molar-refractivity contribution < 1.29 is 13.5 Å². The number of rotatable bonds is 5. The fourth-order valence-corrected chi connectivity index (χ4v) is 2.42. The second-order valence-electron chi connectivity index (χ2n) is 4.16. The van der Waals surface area contributed by atoms with E-state index in [9.17, 15) is 13.5 Å². The van der Waals surface area contributed by atoms with Crippen molar-refractivity contribution in [2.75, 3.05) is 31.3 Å². The quantitative estimate of drug-likeness (QED) is 0.656. The lowest BCUT2D eigenvalue weighted by molar-refractivity contribution is 0.201. The molecule has 102 valence electrons. The Bertz CT molecular complexity index is 514.